The molecule has 26 heavy (non-hydrogen) atoms. The van der Waals surface area contributed by atoms with E-state index in [4.69, 9.17) is 21.5 Å². The molecule has 0 aromatic heterocycles. The summed E-state index contributed by atoms with van der Waals surface area (Å²) in [6.45, 7) is 2.49. The van der Waals surface area contributed by atoms with E-state index in [0.717, 1.165) is 11.3 Å². The Morgan fingerprint density at radius 3 is 2.58 bits per heavy atom. The lowest BCUT2D eigenvalue weighted by Gasteiger charge is -2.30. The zero-order valence-corrected chi connectivity index (χ0v) is 15.7. The molecule has 0 bridgehead atoms. The van der Waals surface area contributed by atoms with Gasteiger partial charge < -0.3 is 9.64 Å². The topological polar surface area (TPSA) is 87.2 Å². The number of allylic oxidation sites excluding steroid dienone is 1. The third-order valence-corrected chi connectivity index (χ3v) is 5.23. The molecular weight excluding hydrogens is 376 g/mol. The summed E-state index contributed by atoms with van der Waals surface area (Å²) in [5.74, 6) is -0.572. The van der Waals surface area contributed by atoms with Crippen LogP contribution >= 0.6 is 12.2 Å². The second kappa shape index (κ2) is 7.18. The number of hydrogen-bond donors (Lipinski definition) is 1. The number of carbonyl (C=O) groups excluding carboxylic acids is 1. The summed E-state index contributed by atoms with van der Waals surface area (Å²) < 4.78 is 36.6. The van der Waals surface area contributed by atoms with Crippen molar-refractivity contribution in [1.82, 2.24) is 4.90 Å². The second-order valence-corrected chi connectivity index (χ2v) is 7.74. The van der Waals surface area contributed by atoms with Gasteiger partial charge >= 0.3 is 0 Å². The maximum absolute atomic E-state index is 12.6. The molecule has 0 unspecified atom stereocenters. The van der Waals surface area contributed by atoms with Crippen LogP contribution in [0.25, 0.3) is 6.08 Å². The number of fused-ring (bicyclic) bond motifs is 1. The van der Waals surface area contributed by atoms with Crippen LogP contribution < -0.4 is 4.90 Å². The summed E-state index contributed by atoms with van der Waals surface area (Å²) in [7, 11) is -4.06. The van der Waals surface area contributed by atoms with E-state index in [1.165, 1.54) is 4.90 Å². The molecule has 2 aliphatic heterocycles. The van der Waals surface area contributed by atoms with Gasteiger partial charge in [0.2, 0.25) is 5.76 Å². The van der Waals surface area contributed by atoms with Gasteiger partial charge in [0.1, 0.15) is 0 Å². The number of hydrogen-bond acceptors (Lipinski definition) is 6. The first-order valence-electron chi connectivity index (χ1n) is 8.09. The molecule has 9 heteroatoms. The van der Waals surface area contributed by atoms with Crippen molar-refractivity contribution >= 4 is 45.2 Å². The van der Waals surface area contributed by atoms with Crippen LogP contribution in [-0.2, 0) is 19.6 Å². The number of benzene rings is 1. The first-order chi connectivity index (χ1) is 12.3. The first-order valence-corrected chi connectivity index (χ1v) is 10.1. The van der Waals surface area contributed by atoms with Crippen LogP contribution in [0.4, 0.5) is 5.69 Å². The predicted octanol–water partition coefficient (Wildman–Crippen LogP) is 2.17. The fourth-order valence-electron chi connectivity index (χ4n) is 2.93. The van der Waals surface area contributed by atoms with E-state index in [9.17, 15) is 13.2 Å². The van der Waals surface area contributed by atoms with Crippen LogP contribution in [0.1, 0.15) is 18.9 Å². The molecule has 0 radical (unpaired) electrons. The lowest BCUT2D eigenvalue weighted by molar-refractivity contribution is -0.122. The maximum Gasteiger partial charge on any atom is 0.299 e. The largest absolute Gasteiger partial charge is 0.423 e. The normalized spacial score (nSPS) is 19.8. The summed E-state index contributed by atoms with van der Waals surface area (Å²) in [6, 6.07) is 7.55. The van der Waals surface area contributed by atoms with Gasteiger partial charge in [-0.25, -0.2) is 0 Å². The summed E-state index contributed by atoms with van der Waals surface area (Å²) in [5, 5.41) is 0.102. The van der Waals surface area contributed by atoms with E-state index in [0.29, 0.717) is 12.2 Å². The van der Waals surface area contributed by atoms with E-state index in [1.54, 1.807) is 13.0 Å². The van der Waals surface area contributed by atoms with Gasteiger partial charge in [-0.1, -0.05) is 24.3 Å². The highest BCUT2D eigenvalue weighted by Gasteiger charge is 2.36. The number of amides is 1. The van der Waals surface area contributed by atoms with Gasteiger partial charge in [0.05, 0.1) is 11.4 Å². The number of thiocarbonyl (C=S) groups is 1. The van der Waals surface area contributed by atoms with Crippen LogP contribution in [0.15, 0.2) is 41.8 Å². The fraction of sp³-hybridized carbons (Fsp3) is 0.294. The van der Waals surface area contributed by atoms with Crippen molar-refractivity contribution < 1.29 is 22.5 Å². The Bertz CT molecular complexity index is 921. The Morgan fingerprint density at radius 1 is 1.19 bits per heavy atom. The number of ether oxygens (including phenoxy) is 1. The fourth-order valence-corrected chi connectivity index (χ4v) is 3.72. The van der Waals surface area contributed by atoms with Gasteiger partial charge in [-0.3, -0.25) is 14.2 Å². The van der Waals surface area contributed by atoms with Crippen LogP contribution in [0.3, 0.4) is 0 Å². The molecule has 0 aliphatic carbocycles. The van der Waals surface area contributed by atoms with Gasteiger partial charge in [-0.15, -0.1) is 0 Å². The van der Waals surface area contributed by atoms with Gasteiger partial charge in [-0.05, 0) is 43.3 Å². The standard InChI is InChI=1S/C17H18N2O5S2/c1-2-18-16(20)15(24-17(18)25)14-9-8-12-6-3-4-7-13(12)19(14)10-5-11-26(21,22)23/h3-4,6-9H,2,5,10-11H2,1H3,(H,21,22,23). The van der Waals surface area contributed by atoms with Crippen LogP contribution in [0.2, 0.25) is 0 Å². The highest BCUT2D eigenvalue weighted by atomic mass is 32.2. The minimum absolute atomic E-state index is 0.102. The number of anilines is 1. The Kier molecular flexibility index (Phi) is 5.12. The van der Waals surface area contributed by atoms with Gasteiger partial charge in [-0.2, -0.15) is 8.42 Å². The van der Waals surface area contributed by atoms with Crippen LogP contribution in [0, 0.1) is 0 Å². The SMILES string of the molecule is CCN1C(=O)C(=C2C=Cc3ccccc3N2CCCS(=O)(=O)O)OC1=S. The maximum atomic E-state index is 12.6. The second-order valence-electron chi connectivity index (χ2n) is 5.82. The molecule has 1 saturated heterocycles. The highest BCUT2D eigenvalue weighted by Crippen LogP contribution is 2.34. The summed E-state index contributed by atoms with van der Waals surface area (Å²) in [4.78, 5) is 15.8. The van der Waals surface area contributed by atoms with Crippen molar-refractivity contribution in [3.05, 3.63) is 47.4 Å². The molecule has 7 nitrogen and oxygen atoms in total. The van der Waals surface area contributed by atoms with Crippen molar-refractivity contribution in [2.24, 2.45) is 0 Å². The third-order valence-electron chi connectivity index (χ3n) is 4.12. The van der Waals surface area contributed by atoms with Gasteiger partial charge in [0.25, 0.3) is 21.2 Å². The summed E-state index contributed by atoms with van der Waals surface area (Å²) >= 11 is 5.11. The van der Waals surface area contributed by atoms with Crippen molar-refractivity contribution in [2.75, 3.05) is 23.7 Å². The predicted molar refractivity (Wildman–Crippen MR) is 102 cm³/mol. The smallest absolute Gasteiger partial charge is 0.299 e. The van der Waals surface area contributed by atoms with Crippen LogP contribution in [0.5, 0.6) is 0 Å². The summed E-state index contributed by atoms with van der Waals surface area (Å²) in [5.41, 5.74) is 2.27. The molecule has 0 atom stereocenters. The number of rotatable bonds is 5. The zero-order chi connectivity index (χ0) is 18.9. The van der Waals surface area contributed by atoms with Crippen molar-refractivity contribution in [2.45, 2.75) is 13.3 Å². The molecule has 0 spiro atoms. The van der Waals surface area contributed by atoms with E-state index in [2.05, 4.69) is 0 Å². The molecule has 1 aromatic rings. The summed E-state index contributed by atoms with van der Waals surface area (Å²) in [6.07, 6.45) is 3.81. The van der Waals surface area contributed by atoms with E-state index >= 15 is 0 Å². The molecule has 2 aliphatic rings. The molecule has 2 heterocycles. The first kappa shape index (κ1) is 18.6. The number of nitrogens with zero attached hydrogens (tertiary/aromatic N) is 2. The number of para-hydroxylation sites is 1. The van der Waals surface area contributed by atoms with Crippen molar-refractivity contribution in [3.8, 4) is 0 Å². The van der Waals surface area contributed by atoms with Gasteiger partial charge in [0, 0.05) is 18.8 Å². The van der Waals surface area contributed by atoms with E-state index < -0.39 is 10.1 Å². The third kappa shape index (κ3) is 3.64. The molecule has 0 saturated carbocycles. The average molecular weight is 394 g/mol. The Balaban J connectivity index is 1.99. The Morgan fingerprint density at radius 2 is 1.92 bits per heavy atom. The van der Waals surface area contributed by atoms with E-state index in [-0.39, 0.29) is 35.6 Å². The lowest BCUT2D eigenvalue weighted by atomic mass is 10.0. The molecule has 1 aromatic carbocycles. The number of carbonyl (C=O) groups is 1. The molecule has 1 N–H and O–H groups in total. The lowest BCUT2D eigenvalue weighted by Crippen LogP contribution is -2.31. The minimum Gasteiger partial charge on any atom is -0.423 e. The molecule has 3 rings (SSSR count). The van der Waals surface area contributed by atoms with Crippen molar-refractivity contribution in [3.63, 3.8) is 0 Å². The van der Waals surface area contributed by atoms with Crippen LogP contribution in [-0.4, -0.2) is 47.8 Å². The average Bonchev–Trinajstić information content (AvgIpc) is 2.87. The molecule has 138 valence electrons. The van der Waals surface area contributed by atoms with Gasteiger partial charge in [0.15, 0.2) is 0 Å². The number of likely N-dealkylation sites (N-methyl/N-ethyl adjacent to an activating group) is 1. The highest BCUT2D eigenvalue weighted by molar-refractivity contribution is 7.85. The molecule has 1 amide bonds. The Labute approximate surface area is 157 Å². The Hall–Kier alpha value is -2.23. The zero-order valence-electron chi connectivity index (χ0n) is 14.1. The molecule has 1 fully saturated rings. The minimum atomic E-state index is -4.06. The van der Waals surface area contributed by atoms with Crippen molar-refractivity contribution in [1.29, 1.82) is 0 Å². The quantitative estimate of drug-likeness (QED) is 0.465. The monoisotopic (exact) mass is 394 g/mol. The molecular formula is C17H18N2O5S2. The van der Waals surface area contributed by atoms with E-state index in [1.807, 2.05) is 35.2 Å².